The van der Waals surface area contributed by atoms with Crippen LogP contribution in [0.1, 0.15) is 37.6 Å². The minimum atomic E-state index is -0.00401. The normalized spacial score (nSPS) is 12.3. The van der Waals surface area contributed by atoms with Crippen molar-refractivity contribution in [3.63, 3.8) is 0 Å². The maximum atomic E-state index is 3.43. The smallest absolute Gasteiger partial charge is 0.0483 e. The molecule has 0 aliphatic rings. The third-order valence-corrected chi connectivity index (χ3v) is 4.21. The van der Waals surface area contributed by atoms with Gasteiger partial charge >= 0.3 is 0 Å². The largest absolute Gasteiger partial charge is 0.348 e. The number of hydrogen-bond donors (Lipinski definition) is 1. The molecule has 0 bridgehead atoms. The fourth-order valence-electron chi connectivity index (χ4n) is 2.75. The standard InChI is InChI=1S/C16H24N2/c1-7-12-8-9-14-13(10-12)15(11(2)18(14)6)16(3,4)17-5/h8-10,17H,7H2,1-6H3. The summed E-state index contributed by atoms with van der Waals surface area (Å²) in [5.41, 5.74) is 5.48. The maximum Gasteiger partial charge on any atom is 0.0483 e. The molecule has 0 fully saturated rings. The van der Waals surface area contributed by atoms with Crippen LogP contribution in [0.25, 0.3) is 10.9 Å². The van der Waals surface area contributed by atoms with Crippen molar-refractivity contribution in [2.45, 2.75) is 39.7 Å². The topological polar surface area (TPSA) is 17.0 Å². The second-order valence-corrected chi connectivity index (χ2v) is 5.60. The van der Waals surface area contributed by atoms with Crippen molar-refractivity contribution in [3.8, 4) is 0 Å². The number of benzene rings is 1. The molecule has 0 aliphatic heterocycles. The van der Waals surface area contributed by atoms with E-state index in [0.717, 1.165) is 6.42 Å². The van der Waals surface area contributed by atoms with E-state index in [9.17, 15) is 0 Å². The molecule has 0 spiro atoms. The second kappa shape index (κ2) is 4.43. The lowest BCUT2D eigenvalue weighted by molar-refractivity contribution is 0.444. The highest BCUT2D eigenvalue weighted by molar-refractivity contribution is 5.87. The molecule has 0 saturated carbocycles. The summed E-state index contributed by atoms with van der Waals surface area (Å²) in [6, 6.07) is 6.82. The Balaban J connectivity index is 2.82. The first-order chi connectivity index (χ1) is 8.42. The molecule has 2 nitrogen and oxygen atoms in total. The van der Waals surface area contributed by atoms with Gasteiger partial charge in [0.25, 0.3) is 0 Å². The summed E-state index contributed by atoms with van der Waals surface area (Å²) in [6.45, 7) is 8.90. The number of aryl methyl sites for hydroxylation is 2. The molecule has 0 aliphatic carbocycles. The van der Waals surface area contributed by atoms with E-state index in [1.165, 1.54) is 27.7 Å². The molecule has 18 heavy (non-hydrogen) atoms. The van der Waals surface area contributed by atoms with Crippen LogP contribution in [0.2, 0.25) is 0 Å². The Morgan fingerprint density at radius 1 is 1.28 bits per heavy atom. The van der Waals surface area contributed by atoms with Crippen molar-refractivity contribution >= 4 is 10.9 Å². The van der Waals surface area contributed by atoms with Crippen LogP contribution >= 0.6 is 0 Å². The highest BCUT2D eigenvalue weighted by atomic mass is 15.0. The van der Waals surface area contributed by atoms with Gasteiger partial charge in [-0.3, -0.25) is 0 Å². The Hall–Kier alpha value is -1.28. The molecule has 0 radical (unpaired) electrons. The first-order valence-corrected chi connectivity index (χ1v) is 6.69. The van der Waals surface area contributed by atoms with E-state index in [2.05, 4.69) is 62.8 Å². The van der Waals surface area contributed by atoms with Crippen LogP contribution in [0.5, 0.6) is 0 Å². The molecule has 1 N–H and O–H groups in total. The van der Waals surface area contributed by atoms with E-state index in [4.69, 9.17) is 0 Å². The number of rotatable bonds is 3. The first kappa shape index (κ1) is 13.2. The minimum absolute atomic E-state index is 0.00401. The van der Waals surface area contributed by atoms with Crippen LogP contribution in [-0.2, 0) is 19.0 Å². The van der Waals surface area contributed by atoms with Gasteiger partial charge in [0.15, 0.2) is 0 Å². The number of nitrogens with zero attached hydrogens (tertiary/aromatic N) is 1. The van der Waals surface area contributed by atoms with Crippen LogP contribution < -0.4 is 5.32 Å². The van der Waals surface area contributed by atoms with Gasteiger partial charge in [-0.05, 0) is 51.9 Å². The minimum Gasteiger partial charge on any atom is -0.348 e. The molecule has 0 unspecified atom stereocenters. The molecule has 98 valence electrons. The van der Waals surface area contributed by atoms with Gasteiger partial charge in [0, 0.05) is 34.7 Å². The molecule has 0 amide bonds. The fourth-order valence-corrected chi connectivity index (χ4v) is 2.75. The van der Waals surface area contributed by atoms with Gasteiger partial charge in [-0.1, -0.05) is 13.0 Å². The van der Waals surface area contributed by atoms with Crippen molar-refractivity contribution in [2.24, 2.45) is 7.05 Å². The predicted molar refractivity (Wildman–Crippen MR) is 79.1 cm³/mol. The number of hydrogen-bond acceptors (Lipinski definition) is 1. The molecular weight excluding hydrogens is 220 g/mol. The zero-order valence-corrected chi connectivity index (χ0v) is 12.4. The molecule has 2 heteroatoms. The van der Waals surface area contributed by atoms with Gasteiger partial charge in [0.05, 0.1) is 0 Å². The van der Waals surface area contributed by atoms with Crippen molar-refractivity contribution < 1.29 is 0 Å². The average Bonchev–Trinajstić information content (AvgIpc) is 2.61. The summed E-state index contributed by atoms with van der Waals surface area (Å²) >= 11 is 0. The molecule has 2 rings (SSSR count). The van der Waals surface area contributed by atoms with E-state index >= 15 is 0 Å². The van der Waals surface area contributed by atoms with Gasteiger partial charge < -0.3 is 9.88 Å². The lowest BCUT2D eigenvalue weighted by Gasteiger charge is -2.25. The lowest BCUT2D eigenvalue weighted by atomic mass is 9.91. The van der Waals surface area contributed by atoms with Crippen LogP contribution in [0, 0.1) is 6.92 Å². The summed E-state index contributed by atoms with van der Waals surface area (Å²) in [5.74, 6) is 0. The van der Waals surface area contributed by atoms with Crippen LogP contribution in [0.15, 0.2) is 18.2 Å². The van der Waals surface area contributed by atoms with E-state index in [0.29, 0.717) is 0 Å². The molecule has 0 saturated heterocycles. The highest BCUT2D eigenvalue weighted by Crippen LogP contribution is 2.33. The monoisotopic (exact) mass is 244 g/mol. The number of fused-ring (bicyclic) bond motifs is 1. The van der Waals surface area contributed by atoms with Crippen molar-refractivity contribution in [3.05, 3.63) is 35.0 Å². The SMILES string of the molecule is CCc1ccc2c(c1)c(C(C)(C)NC)c(C)n2C. The molecule has 1 heterocycles. The quantitative estimate of drug-likeness (QED) is 0.874. The molecular formula is C16H24N2. The number of aromatic nitrogens is 1. The van der Waals surface area contributed by atoms with E-state index in [1.807, 2.05) is 7.05 Å². The zero-order valence-electron chi connectivity index (χ0n) is 12.4. The number of nitrogens with one attached hydrogen (secondary N) is 1. The van der Waals surface area contributed by atoms with Crippen molar-refractivity contribution in [1.82, 2.24) is 9.88 Å². The molecule has 2 aromatic rings. The van der Waals surface area contributed by atoms with Crippen molar-refractivity contribution in [1.29, 1.82) is 0 Å². The Kier molecular flexibility index (Phi) is 3.24. The Labute approximate surface area is 110 Å². The Morgan fingerprint density at radius 3 is 2.50 bits per heavy atom. The third-order valence-electron chi connectivity index (χ3n) is 4.21. The summed E-state index contributed by atoms with van der Waals surface area (Å²) < 4.78 is 2.29. The van der Waals surface area contributed by atoms with E-state index in [-0.39, 0.29) is 5.54 Å². The lowest BCUT2D eigenvalue weighted by Crippen LogP contribution is -2.33. The Morgan fingerprint density at radius 2 is 1.94 bits per heavy atom. The van der Waals surface area contributed by atoms with Crippen LogP contribution in [-0.4, -0.2) is 11.6 Å². The van der Waals surface area contributed by atoms with Crippen LogP contribution in [0.3, 0.4) is 0 Å². The third kappa shape index (κ3) is 1.85. The maximum absolute atomic E-state index is 3.43. The molecule has 1 aromatic carbocycles. The summed E-state index contributed by atoms with van der Waals surface area (Å²) in [4.78, 5) is 0. The van der Waals surface area contributed by atoms with Crippen molar-refractivity contribution in [2.75, 3.05) is 7.05 Å². The zero-order chi connectivity index (χ0) is 13.5. The first-order valence-electron chi connectivity index (χ1n) is 6.69. The van der Waals surface area contributed by atoms with E-state index in [1.54, 1.807) is 0 Å². The predicted octanol–water partition coefficient (Wildman–Crippen LogP) is 3.50. The Bertz CT molecular complexity index is 576. The van der Waals surface area contributed by atoms with Gasteiger partial charge in [-0.25, -0.2) is 0 Å². The van der Waals surface area contributed by atoms with E-state index < -0.39 is 0 Å². The van der Waals surface area contributed by atoms with Gasteiger partial charge in [0.1, 0.15) is 0 Å². The molecule has 1 aromatic heterocycles. The summed E-state index contributed by atoms with van der Waals surface area (Å²) in [5, 5.41) is 4.81. The van der Waals surface area contributed by atoms with Crippen LogP contribution in [0.4, 0.5) is 0 Å². The summed E-state index contributed by atoms with van der Waals surface area (Å²) in [7, 11) is 4.18. The highest BCUT2D eigenvalue weighted by Gasteiger charge is 2.25. The average molecular weight is 244 g/mol. The summed E-state index contributed by atoms with van der Waals surface area (Å²) in [6.07, 6.45) is 1.09. The van der Waals surface area contributed by atoms with Gasteiger partial charge in [0.2, 0.25) is 0 Å². The fraction of sp³-hybridized carbons (Fsp3) is 0.500. The second-order valence-electron chi connectivity index (χ2n) is 5.60. The van der Waals surface area contributed by atoms with Gasteiger partial charge in [-0.15, -0.1) is 0 Å². The molecule has 0 atom stereocenters. The van der Waals surface area contributed by atoms with Gasteiger partial charge in [-0.2, -0.15) is 0 Å².